The van der Waals surface area contributed by atoms with Crippen molar-refractivity contribution < 1.29 is 4.74 Å². The lowest BCUT2D eigenvalue weighted by molar-refractivity contribution is 0.224. The molecular formula is C25H38N6O. The van der Waals surface area contributed by atoms with Crippen LogP contribution in [0.2, 0.25) is 0 Å². The number of aryl methyl sites for hydroxylation is 1. The number of aliphatic imine (C=N–C) groups is 1. The molecule has 0 spiro atoms. The molecule has 0 saturated heterocycles. The highest BCUT2D eigenvalue weighted by Crippen LogP contribution is 2.33. The molecule has 2 aromatic rings. The molecule has 2 N–H and O–H groups in total. The van der Waals surface area contributed by atoms with Gasteiger partial charge in [0, 0.05) is 25.6 Å². The van der Waals surface area contributed by atoms with Crippen LogP contribution >= 0.6 is 0 Å². The summed E-state index contributed by atoms with van der Waals surface area (Å²) >= 11 is 0. The molecule has 1 aliphatic heterocycles. The third-order valence-electron chi connectivity index (χ3n) is 7.22. The van der Waals surface area contributed by atoms with Gasteiger partial charge in [-0.15, -0.1) is 10.2 Å². The summed E-state index contributed by atoms with van der Waals surface area (Å²) in [5.41, 5.74) is 1.19. The Labute approximate surface area is 192 Å². The van der Waals surface area contributed by atoms with Gasteiger partial charge in [0.15, 0.2) is 11.8 Å². The number of hydrogen-bond donors (Lipinski definition) is 2. The van der Waals surface area contributed by atoms with E-state index in [2.05, 4.69) is 46.8 Å². The fourth-order valence-electron chi connectivity index (χ4n) is 4.85. The standard InChI is InChI=1S/C25H38N6O/c1-17(2)20-11-9-19(10-12-20)15-26-25(27-16-24-30-29-18(3)31(24)4)28-22-13-14-32-23-8-6-5-7-21(22)23/h5-8,17,19-20,22H,9-16H2,1-4H3,(H2,26,27,28). The topological polar surface area (TPSA) is 76.4 Å². The summed E-state index contributed by atoms with van der Waals surface area (Å²) in [4.78, 5) is 4.89. The number of guanidine groups is 1. The van der Waals surface area contributed by atoms with Crippen molar-refractivity contribution in [2.75, 3.05) is 13.2 Å². The van der Waals surface area contributed by atoms with E-state index < -0.39 is 0 Å². The lowest BCUT2D eigenvalue weighted by Crippen LogP contribution is -2.43. The van der Waals surface area contributed by atoms with E-state index in [1.807, 2.05) is 30.7 Å². The van der Waals surface area contributed by atoms with Crippen molar-refractivity contribution in [2.45, 2.75) is 65.5 Å². The van der Waals surface area contributed by atoms with Crippen LogP contribution in [0.5, 0.6) is 5.75 Å². The van der Waals surface area contributed by atoms with Crippen LogP contribution < -0.4 is 15.4 Å². The van der Waals surface area contributed by atoms with Gasteiger partial charge in [-0.05, 0) is 56.4 Å². The van der Waals surface area contributed by atoms with Crippen molar-refractivity contribution in [3.63, 3.8) is 0 Å². The summed E-state index contributed by atoms with van der Waals surface area (Å²) in [5.74, 6) is 5.97. The first-order valence-electron chi connectivity index (χ1n) is 12.1. The van der Waals surface area contributed by atoms with E-state index in [9.17, 15) is 0 Å². The number of fused-ring (bicyclic) bond motifs is 1. The summed E-state index contributed by atoms with van der Waals surface area (Å²) in [6.07, 6.45) is 6.20. The largest absolute Gasteiger partial charge is 0.493 e. The molecule has 1 fully saturated rings. The number of hydrogen-bond acceptors (Lipinski definition) is 4. The molecule has 1 aromatic heterocycles. The van der Waals surface area contributed by atoms with E-state index in [-0.39, 0.29) is 6.04 Å². The summed E-state index contributed by atoms with van der Waals surface area (Å²) in [6.45, 7) is 8.85. The number of benzene rings is 1. The van der Waals surface area contributed by atoms with E-state index in [1.54, 1.807) is 0 Å². The van der Waals surface area contributed by atoms with Crippen LogP contribution in [0.4, 0.5) is 0 Å². The van der Waals surface area contributed by atoms with Gasteiger partial charge in [-0.1, -0.05) is 32.0 Å². The van der Waals surface area contributed by atoms with Crippen molar-refractivity contribution >= 4 is 5.96 Å². The zero-order valence-corrected chi connectivity index (χ0v) is 20.0. The molecule has 32 heavy (non-hydrogen) atoms. The Hall–Kier alpha value is -2.57. The molecule has 0 bridgehead atoms. The van der Waals surface area contributed by atoms with Crippen LogP contribution in [0.1, 0.15) is 69.2 Å². The Kier molecular flexibility index (Phi) is 7.33. The van der Waals surface area contributed by atoms with E-state index in [0.717, 1.165) is 48.2 Å². The van der Waals surface area contributed by atoms with Gasteiger partial charge in [0.25, 0.3) is 0 Å². The van der Waals surface area contributed by atoms with Crippen LogP contribution in [0.15, 0.2) is 29.3 Å². The maximum atomic E-state index is 5.85. The van der Waals surface area contributed by atoms with Crippen LogP contribution in [-0.2, 0) is 13.6 Å². The zero-order valence-electron chi connectivity index (χ0n) is 20.0. The quantitative estimate of drug-likeness (QED) is 0.523. The highest BCUT2D eigenvalue weighted by Gasteiger charge is 2.25. The predicted molar refractivity (Wildman–Crippen MR) is 128 cm³/mol. The average molecular weight is 439 g/mol. The second-order valence-corrected chi connectivity index (χ2v) is 9.66. The smallest absolute Gasteiger partial charge is 0.192 e. The van der Waals surface area contributed by atoms with Gasteiger partial charge in [-0.2, -0.15) is 0 Å². The molecule has 7 heteroatoms. The SMILES string of the molecule is Cc1nnc(CN=C(NCC2CCC(C(C)C)CC2)NC2CCOc3ccccc32)n1C. The van der Waals surface area contributed by atoms with Crippen molar-refractivity contribution in [3.05, 3.63) is 41.5 Å². The highest BCUT2D eigenvalue weighted by atomic mass is 16.5. The Morgan fingerprint density at radius 2 is 1.94 bits per heavy atom. The number of nitrogens with one attached hydrogen (secondary N) is 2. The third kappa shape index (κ3) is 5.43. The fraction of sp³-hybridized carbons (Fsp3) is 0.640. The molecule has 1 aromatic carbocycles. The lowest BCUT2D eigenvalue weighted by Gasteiger charge is -2.32. The molecular weight excluding hydrogens is 400 g/mol. The van der Waals surface area contributed by atoms with E-state index in [0.29, 0.717) is 19.1 Å². The normalized spacial score (nSPS) is 23.5. The summed E-state index contributed by atoms with van der Waals surface area (Å²) in [6, 6.07) is 8.47. The van der Waals surface area contributed by atoms with Gasteiger partial charge in [-0.25, -0.2) is 4.99 Å². The van der Waals surface area contributed by atoms with Gasteiger partial charge in [0.1, 0.15) is 18.1 Å². The van der Waals surface area contributed by atoms with Gasteiger partial charge >= 0.3 is 0 Å². The highest BCUT2D eigenvalue weighted by molar-refractivity contribution is 5.80. The van der Waals surface area contributed by atoms with E-state index >= 15 is 0 Å². The summed E-state index contributed by atoms with van der Waals surface area (Å²) in [5, 5.41) is 15.8. The predicted octanol–water partition coefficient (Wildman–Crippen LogP) is 4.14. The number of nitrogens with zero attached hydrogens (tertiary/aromatic N) is 4. The Balaban J connectivity index is 1.44. The van der Waals surface area contributed by atoms with Gasteiger partial charge in [-0.3, -0.25) is 0 Å². The molecule has 1 unspecified atom stereocenters. The zero-order chi connectivity index (χ0) is 22.5. The molecule has 4 rings (SSSR count). The minimum absolute atomic E-state index is 0.184. The minimum atomic E-state index is 0.184. The average Bonchev–Trinajstić information content (AvgIpc) is 3.13. The van der Waals surface area contributed by atoms with Crippen LogP contribution in [-0.4, -0.2) is 33.9 Å². The molecule has 2 aliphatic rings. The maximum absolute atomic E-state index is 5.85. The first-order valence-corrected chi connectivity index (χ1v) is 12.1. The Bertz CT molecular complexity index is 913. The summed E-state index contributed by atoms with van der Waals surface area (Å²) in [7, 11) is 1.99. The van der Waals surface area contributed by atoms with Crippen molar-refractivity contribution in [1.29, 1.82) is 0 Å². The van der Waals surface area contributed by atoms with Crippen LogP contribution in [0, 0.1) is 24.7 Å². The van der Waals surface area contributed by atoms with Crippen molar-refractivity contribution in [3.8, 4) is 5.75 Å². The summed E-state index contributed by atoms with van der Waals surface area (Å²) < 4.78 is 7.84. The van der Waals surface area contributed by atoms with Gasteiger partial charge < -0.3 is 19.9 Å². The lowest BCUT2D eigenvalue weighted by atomic mass is 9.77. The number of rotatable bonds is 6. The molecule has 174 valence electrons. The van der Waals surface area contributed by atoms with E-state index in [1.165, 1.54) is 31.2 Å². The number of aromatic nitrogens is 3. The van der Waals surface area contributed by atoms with Crippen LogP contribution in [0.25, 0.3) is 0 Å². The molecule has 1 aliphatic carbocycles. The second-order valence-electron chi connectivity index (χ2n) is 9.66. The Morgan fingerprint density at radius 3 is 2.66 bits per heavy atom. The number of para-hydroxylation sites is 1. The first kappa shape index (κ1) is 22.6. The molecule has 0 radical (unpaired) electrons. The minimum Gasteiger partial charge on any atom is -0.493 e. The van der Waals surface area contributed by atoms with E-state index in [4.69, 9.17) is 9.73 Å². The van der Waals surface area contributed by atoms with Gasteiger partial charge in [0.05, 0.1) is 12.6 Å². The third-order valence-corrected chi connectivity index (χ3v) is 7.22. The maximum Gasteiger partial charge on any atom is 0.192 e. The monoisotopic (exact) mass is 438 g/mol. The Morgan fingerprint density at radius 1 is 1.16 bits per heavy atom. The van der Waals surface area contributed by atoms with Crippen LogP contribution in [0.3, 0.4) is 0 Å². The van der Waals surface area contributed by atoms with Crippen molar-refractivity contribution in [2.24, 2.45) is 29.8 Å². The fourth-order valence-corrected chi connectivity index (χ4v) is 4.85. The molecule has 0 amide bonds. The van der Waals surface area contributed by atoms with Gasteiger partial charge in [0.2, 0.25) is 0 Å². The van der Waals surface area contributed by atoms with Crippen molar-refractivity contribution in [1.82, 2.24) is 25.4 Å². The second kappa shape index (κ2) is 10.4. The number of ether oxygens (including phenoxy) is 1. The molecule has 7 nitrogen and oxygen atoms in total. The molecule has 1 saturated carbocycles. The molecule has 2 heterocycles. The first-order chi connectivity index (χ1) is 15.5. The molecule has 1 atom stereocenters.